The number of carbonyl (C=O) groups excluding carboxylic acids is 1. The summed E-state index contributed by atoms with van der Waals surface area (Å²) in [6, 6.07) is 3.61. The minimum absolute atomic E-state index is 0.0521. The molecule has 2 aromatic rings. The number of aromatic nitrogens is 2. The molecule has 0 saturated heterocycles. The van der Waals surface area contributed by atoms with Crippen molar-refractivity contribution in [2.45, 2.75) is 63.1 Å². The molecule has 0 aromatic carbocycles. The standard InChI is InChI=1S/C19H27N5OS/c1-11-17(9-24(2)23-11)22-19(25)18-7-12(10-26-18)15-8-16(15)21-14-5-3-13(20)4-6-14/h7,9-10,13-16,21H,3-6,8,20H2,1-2H3,(H,22,25). The molecular formula is C19H27N5OS. The van der Waals surface area contributed by atoms with Crippen LogP contribution in [0.5, 0.6) is 0 Å². The lowest BCUT2D eigenvalue weighted by atomic mass is 9.92. The Kier molecular flexibility index (Phi) is 4.86. The summed E-state index contributed by atoms with van der Waals surface area (Å²) < 4.78 is 1.71. The molecular weight excluding hydrogens is 346 g/mol. The van der Waals surface area contributed by atoms with E-state index in [0.717, 1.165) is 29.1 Å². The molecule has 0 aliphatic heterocycles. The highest BCUT2D eigenvalue weighted by molar-refractivity contribution is 7.12. The van der Waals surface area contributed by atoms with Gasteiger partial charge in [-0.25, -0.2) is 0 Å². The van der Waals surface area contributed by atoms with Gasteiger partial charge < -0.3 is 16.4 Å². The van der Waals surface area contributed by atoms with Gasteiger partial charge in [-0.2, -0.15) is 5.10 Å². The van der Waals surface area contributed by atoms with Crippen LogP contribution in [-0.4, -0.2) is 33.8 Å². The SMILES string of the molecule is Cc1nn(C)cc1NC(=O)c1cc(C2CC2NC2CCC(N)CC2)cs1. The van der Waals surface area contributed by atoms with Gasteiger partial charge in [0.05, 0.1) is 16.3 Å². The number of hydrogen-bond donors (Lipinski definition) is 3. The van der Waals surface area contributed by atoms with Crippen LogP contribution in [0, 0.1) is 6.92 Å². The third-order valence-electron chi connectivity index (χ3n) is 5.55. The van der Waals surface area contributed by atoms with E-state index in [4.69, 9.17) is 5.73 Å². The highest BCUT2D eigenvalue weighted by atomic mass is 32.1. The van der Waals surface area contributed by atoms with E-state index in [1.807, 2.05) is 20.2 Å². The second-order valence-electron chi connectivity index (χ2n) is 7.73. The molecule has 7 heteroatoms. The monoisotopic (exact) mass is 373 g/mol. The number of amides is 1. The Hall–Kier alpha value is -1.70. The predicted molar refractivity (Wildman–Crippen MR) is 105 cm³/mol. The highest BCUT2D eigenvalue weighted by Crippen LogP contribution is 2.43. The van der Waals surface area contributed by atoms with E-state index in [2.05, 4.69) is 27.2 Å². The molecule has 1 amide bonds. The van der Waals surface area contributed by atoms with Gasteiger partial charge in [-0.05, 0) is 56.0 Å². The summed E-state index contributed by atoms with van der Waals surface area (Å²) in [6.07, 6.45) is 7.64. The number of anilines is 1. The zero-order valence-electron chi connectivity index (χ0n) is 15.4. The fourth-order valence-electron chi connectivity index (χ4n) is 3.91. The van der Waals surface area contributed by atoms with Crippen LogP contribution in [0.15, 0.2) is 17.6 Å². The van der Waals surface area contributed by atoms with Gasteiger partial charge >= 0.3 is 0 Å². The number of nitrogens with zero attached hydrogens (tertiary/aromatic N) is 2. The molecule has 0 bridgehead atoms. The van der Waals surface area contributed by atoms with E-state index >= 15 is 0 Å². The van der Waals surface area contributed by atoms with Gasteiger partial charge in [-0.15, -0.1) is 11.3 Å². The lowest BCUT2D eigenvalue weighted by molar-refractivity contribution is 0.103. The molecule has 2 aliphatic carbocycles. The Morgan fingerprint density at radius 2 is 2.12 bits per heavy atom. The Morgan fingerprint density at radius 1 is 1.35 bits per heavy atom. The summed E-state index contributed by atoms with van der Waals surface area (Å²) in [5.41, 5.74) is 8.88. The van der Waals surface area contributed by atoms with Crippen molar-refractivity contribution in [3.05, 3.63) is 33.8 Å². The maximum Gasteiger partial charge on any atom is 0.265 e. The molecule has 2 atom stereocenters. The summed E-state index contributed by atoms with van der Waals surface area (Å²) in [7, 11) is 1.85. The van der Waals surface area contributed by atoms with E-state index in [9.17, 15) is 4.79 Å². The molecule has 140 valence electrons. The largest absolute Gasteiger partial charge is 0.328 e. The minimum atomic E-state index is -0.0521. The Bertz CT molecular complexity index is 790. The van der Waals surface area contributed by atoms with E-state index in [0.29, 0.717) is 24.0 Å². The average molecular weight is 374 g/mol. The predicted octanol–water partition coefficient (Wildman–Crippen LogP) is 2.76. The number of rotatable bonds is 5. The lowest BCUT2D eigenvalue weighted by Crippen LogP contribution is -2.38. The Labute approximate surface area is 158 Å². The zero-order valence-corrected chi connectivity index (χ0v) is 16.2. The van der Waals surface area contributed by atoms with Crippen LogP contribution < -0.4 is 16.4 Å². The van der Waals surface area contributed by atoms with Crippen LogP contribution >= 0.6 is 11.3 Å². The number of nitrogens with two attached hydrogens (primary N) is 1. The Balaban J connectivity index is 1.32. The average Bonchev–Trinajstić information content (AvgIpc) is 3.04. The van der Waals surface area contributed by atoms with E-state index in [1.54, 1.807) is 4.68 Å². The topological polar surface area (TPSA) is 85.0 Å². The first-order valence-electron chi connectivity index (χ1n) is 9.41. The van der Waals surface area contributed by atoms with Gasteiger partial charge in [0.2, 0.25) is 0 Å². The minimum Gasteiger partial charge on any atom is -0.328 e. The van der Waals surface area contributed by atoms with Crippen molar-refractivity contribution < 1.29 is 4.79 Å². The van der Waals surface area contributed by atoms with Gasteiger partial charge in [0.15, 0.2) is 0 Å². The lowest BCUT2D eigenvalue weighted by Gasteiger charge is -2.27. The molecule has 2 fully saturated rings. The van der Waals surface area contributed by atoms with Crippen LogP contribution in [0.1, 0.15) is 59.0 Å². The summed E-state index contributed by atoms with van der Waals surface area (Å²) in [6.45, 7) is 1.90. The number of thiophene rings is 1. The number of carbonyl (C=O) groups is 1. The van der Waals surface area contributed by atoms with Crippen LogP contribution in [-0.2, 0) is 7.05 Å². The van der Waals surface area contributed by atoms with Crippen molar-refractivity contribution >= 4 is 22.9 Å². The first-order valence-corrected chi connectivity index (χ1v) is 10.3. The molecule has 2 heterocycles. The fourth-order valence-corrected chi connectivity index (χ4v) is 4.77. The summed E-state index contributed by atoms with van der Waals surface area (Å²) in [5.74, 6) is 0.493. The smallest absolute Gasteiger partial charge is 0.265 e. The molecule has 4 rings (SSSR count). The molecule has 2 saturated carbocycles. The van der Waals surface area contributed by atoms with Gasteiger partial charge in [-0.1, -0.05) is 0 Å². The van der Waals surface area contributed by atoms with Crippen molar-refractivity contribution in [3.8, 4) is 0 Å². The molecule has 2 unspecified atom stereocenters. The number of nitrogens with one attached hydrogen (secondary N) is 2. The van der Waals surface area contributed by atoms with Crippen molar-refractivity contribution in [2.75, 3.05) is 5.32 Å². The second kappa shape index (κ2) is 7.13. The molecule has 2 aliphatic rings. The molecule has 6 nitrogen and oxygen atoms in total. The first kappa shape index (κ1) is 17.7. The third kappa shape index (κ3) is 3.84. The summed E-state index contributed by atoms with van der Waals surface area (Å²) in [4.78, 5) is 13.3. The maximum atomic E-state index is 12.5. The first-order chi connectivity index (χ1) is 12.5. The van der Waals surface area contributed by atoms with E-state index in [1.165, 1.54) is 36.2 Å². The van der Waals surface area contributed by atoms with Gasteiger partial charge in [0.1, 0.15) is 0 Å². The third-order valence-corrected chi connectivity index (χ3v) is 6.49. The van der Waals surface area contributed by atoms with Crippen LogP contribution in [0.4, 0.5) is 5.69 Å². The maximum absolute atomic E-state index is 12.5. The fraction of sp³-hybridized carbons (Fsp3) is 0.579. The molecule has 0 spiro atoms. The van der Waals surface area contributed by atoms with Crippen LogP contribution in [0.25, 0.3) is 0 Å². The van der Waals surface area contributed by atoms with Crippen molar-refractivity contribution in [1.82, 2.24) is 15.1 Å². The van der Waals surface area contributed by atoms with Gasteiger partial charge in [0, 0.05) is 37.3 Å². The van der Waals surface area contributed by atoms with Crippen LogP contribution in [0.2, 0.25) is 0 Å². The van der Waals surface area contributed by atoms with Crippen LogP contribution in [0.3, 0.4) is 0 Å². The second-order valence-corrected chi connectivity index (χ2v) is 8.64. The number of hydrogen-bond acceptors (Lipinski definition) is 5. The van der Waals surface area contributed by atoms with Crippen molar-refractivity contribution in [3.63, 3.8) is 0 Å². The van der Waals surface area contributed by atoms with E-state index < -0.39 is 0 Å². The summed E-state index contributed by atoms with van der Waals surface area (Å²) >= 11 is 1.52. The molecule has 26 heavy (non-hydrogen) atoms. The zero-order chi connectivity index (χ0) is 18.3. The summed E-state index contributed by atoms with van der Waals surface area (Å²) in [5, 5.41) is 13.1. The van der Waals surface area contributed by atoms with Gasteiger partial charge in [0.25, 0.3) is 5.91 Å². The normalized spacial score (nSPS) is 28.1. The Morgan fingerprint density at radius 3 is 2.81 bits per heavy atom. The van der Waals surface area contributed by atoms with Gasteiger partial charge in [-0.3, -0.25) is 9.48 Å². The molecule has 0 radical (unpaired) electrons. The van der Waals surface area contributed by atoms with Crippen molar-refractivity contribution in [2.24, 2.45) is 12.8 Å². The highest BCUT2D eigenvalue weighted by Gasteiger charge is 2.40. The van der Waals surface area contributed by atoms with Crippen molar-refractivity contribution in [1.29, 1.82) is 0 Å². The van der Waals surface area contributed by atoms with E-state index in [-0.39, 0.29) is 5.91 Å². The number of aryl methyl sites for hydroxylation is 2. The molecule has 2 aromatic heterocycles. The molecule has 4 N–H and O–H groups in total. The quantitative estimate of drug-likeness (QED) is 0.752.